The highest BCUT2D eigenvalue weighted by molar-refractivity contribution is 7.13. The number of nitrogens with one attached hydrogen (secondary N) is 1. The summed E-state index contributed by atoms with van der Waals surface area (Å²) in [7, 11) is 1.31. The first-order valence-electron chi connectivity index (χ1n) is 7.66. The Kier molecular flexibility index (Phi) is 4.99. The van der Waals surface area contributed by atoms with E-state index >= 15 is 0 Å². The summed E-state index contributed by atoms with van der Waals surface area (Å²) in [6.07, 6.45) is 1.62. The molecule has 0 aliphatic carbocycles. The molecular formula is C17H16N4O4S. The monoisotopic (exact) mass is 372 g/mol. The van der Waals surface area contributed by atoms with Crippen molar-refractivity contribution in [3.05, 3.63) is 47.1 Å². The Labute approximate surface area is 152 Å². The van der Waals surface area contributed by atoms with Crippen molar-refractivity contribution in [3.63, 3.8) is 0 Å². The van der Waals surface area contributed by atoms with E-state index in [4.69, 9.17) is 10.5 Å². The van der Waals surface area contributed by atoms with Crippen molar-refractivity contribution < 1.29 is 19.1 Å². The Morgan fingerprint density at radius 3 is 2.81 bits per heavy atom. The van der Waals surface area contributed by atoms with Gasteiger partial charge in [0.05, 0.1) is 24.8 Å². The quantitative estimate of drug-likeness (QED) is 0.637. The minimum atomic E-state index is -0.484. The maximum Gasteiger partial charge on any atom is 0.340 e. The van der Waals surface area contributed by atoms with E-state index in [1.165, 1.54) is 18.4 Å². The number of hydrogen-bond acceptors (Lipinski definition) is 6. The molecule has 9 heteroatoms. The highest BCUT2D eigenvalue weighted by Crippen LogP contribution is 2.22. The molecule has 0 fully saturated rings. The predicted octanol–water partition coefficient (Wildman–Crippen LogP) is 1.55. The summed E-state index contributed by atoms with van der Waals surface area (Å²) >= 11 is 1.21. The number of carbonyl (C=O) groups is 3. The van der Waals surface area contributed by atoms with Crippen LogP contribution in [0.2, 0.25) is 0 Å². The van der Waals surface area contributed by atoms with Crippen LogP contribution in [0.1, 0.15) is 16.1 Å². The summed E-state index contributed by atoms with van der Waals surface area (Å²) in [4.78, 5) is 39.3. The number of amides is 2. The largest absolute Gasteiger partial charge is 0.465 e. The molecule has 3 rings (SSSR count). The standard InChI is InChI=1S/C17H16N4O4S/c1-25-16(24)12-7-21(13-5-3-2-4-11(12)13)8-15(23)20-17-19-10(9-26-17)6-14(18)22/h2-5,7,9H,6,8H2,1H3,(H2,18,22)(H,19,20,23). The van der Waals surface area contributed by atoms with Gasteiger partial charge in [0, 0.05) is 22.5 Å². The molecule has 1 aromatic carbocycles. The number of benzene rings is 1. The lowest BCUT2D eigenvalue weighted by Gasteiger charge is -2.05. The molecule has 0 saturated heterocycles. The van der Waals surface area contributed by atoms with E-state index in [1.54, 1.807) is 22.2 Å². The molecule has 0 atom stereocenters. The number of methoxy groups -OCH3 is 1. The number of nitrogens with zero attached hydrogens (tertiary/aromatic N) is 2. The van der Waals surface area contributed by atoms with Crippen LogP contribution >= 0.6 is 11.3 Å². The van der Waals surface area contributed by atoms with Crippen LogP contribution in [0.5, 0.6) is 0 Å². The summed E-state index contributed by atoms with van der Waals surface area (Å²) in [5.74, 6) is -1.25. The molecule has 0 spiro atoms. The van der Waals surface area contributed by atoms with E-state index in [-0.39, 0.29) is 18.9 Å². The van der Waals surface area contributed by atoms with Gasteiger partial charge in [-0.2, -0.15) is 0 Å². The van der Waals surface area contributed by atoms with Gasteiger partial charge in [0.2, 0.25) is 11.8 Å². The highest BCUT2D eigenvalue weighted by Gasteiger charge is 2.17. The Hall–Kier alpha value is -3.20. The molecule has 3 N–H and O–H groups in total. The summed E-state index contributed by atoms with van der Waals surface area (Å²) in [6, 6.07) is 7.26. The molecule has 0 aliphatic heterocycles. The van der Waals surface area contributed by atoms with Crippen LogP contribution in [-0.2, 0) is 27.3 Å². The third-order valence-electron chi connectivity index (χ3n) is 3.66. The Morgan fingerprint density at radius 1 is 1.31 bits per heavy atom. The van der Waals surface area contributed by atoms with Gasteiger partial charge in [0.1, 0.15) is 6.54 Å². The summed E-state index contributed by atoms with van der Waals surface area (Å²) in [6.45, 7) is 0.00222. The zero-order valence-electron chi connectivity index (χ0n) is 13.9. The van der Waals surface area contributed by atoms with E-state index in [0.717, 1.165) is 5.52 Å². The zero-order chi connectivity index (χ0) is 18.7. The molecule has 0 saturated carbocycles. The Morgan fingerprint density at radius 2 is 2.08 bits per heavy atom. The van der Waals surface area contributed by atoms with Gasteiger partial charge in [-0.3, -0.25) is 9.59 Å². The number of hydrogen-bond donors (Lipinski definition) is 2. The average molecular weight is 372 g/mol. The molecule has 2 aromatic heterocycles. The Bertz CT molecular complexity index is 992. The van der Waals surface area contributed by atoms with Crippen molar-refractivity contribution in [2.75, 3.05) is 12.4 Å². The van der Waals surface area contributed by atoms with Crippen LogP contribution in [0.4, 0.5) is 5.13 Å². The topological polar surface area (TPSA) is 116 Å². The highest BCUT2D eigenvalue weighted by atomic mass is 32.1. The van der Waals surface area contributed by atoms with Crippen molar-refractivity contribution in [2.24, 2.45) is 5.73 Å². The number of thiazole rings is 1. The summed E-state index contributed by atoms with van der Waals surface area (Å²) in [5, 5.41) is 5.45. The lowest BCUT2D eigenvalue weighted by Crippen LogP contribution is -2.18. The van der Waals surface area contributed by atoms with Gasteiger partial charge in [0.25, 0.3) is 0 Å². The third kappa shape index (κ3) is 3.72. The predicted molar refractivity (Wildman–Crippen MR) is 96.9 cm³/mol. The number of aromatic nitrogens is 2. The molecule has 2 heterocycles. The number of ether oxygens (including phenoxy) is 1. The van der Waals surface area contributed by atoms with Gasteiger partial charge in [-0.25, -0.2) is 9.78 Å². The van der Waals surface area contributed by atoms with Crippen LogP contribution in [-0.4, -0.2) is 34.4 Å². The minimum absolute atomic E-state index is 0.00222. The van der Waals surface area contributed by atoms with E-state index in [0.29, 0.717) is 21.8 Å². The molecule has 3 aromatic rings. The zero-order valence-corrected chi connectivity index (χ0v) is 14.7. The average Bonchev–Trinajstić information content (AvgIpc) is 3.18. The van der Waals surface area contributed by atoms with Crippen molar-refractivity contribution in [2.45, 2.75) is 13.0 Å². The molecule has 134 valence electrons. The van der Waals surface area contributed by atoms with Crippen molar-refractivity contribution in [1.82, 2.24) is 9.55 Å². The molecule has 0 radical (unpaired) electrons. The molecule has 8 nitrogen and oxygen atoms in total. The van der Waals surface area contributed by atoms with Gasteiger partial charge in [-0.05, 0) is 6.07 Å². The summed E-state index contributed by atoms with van der Waals surface area (Å²) in [5.41, 5.74) is 6.78. The lowest BCUT2D eigenvalue weighted by molar-refractivity contribution is -0.117. The second-order valence-corrected chi connectivity index (χ2v) is 6.37. The molecular weight excluding hydrogens is 356 g/mol. The van der Waals surface area contributed by atoms with Crippen LogP contribution in [0.15, 0.2) is 35.8 Å². The normalized spacial score (nSPS) is 10.7. The van der Waals surface area contributed by atoms with E-state index in [1.807, 2.05) is 18.2 Å². The van der Waals surface area contributed by atoms with Crippen molar-refractivity contribution in [1.29, 1.82) is 0 Å². The van der Waals surface area contributed by atoms with Crippen LogP contribution in [0.3, 0.4) is 0 Å². The molecule has 26 heavy (non-hydrogen) atoms. The summed E-state index contributed by atoms with van der Waals surface area (Å²) < 4.78 is 6.47. The van der Waals surface area contributed by atoms with Crippen molar-refractivity contribution >= 4 is 45.2 Å². The molecule has 2 amide bonds. The number of esters is 1. The van der Waals surface area contributed by atoms with Crippen molar-refractivity contribution in [3.8, 4) is 0 Å². The lowest BCUT2D eigenvalue weighted by atomic mass is 10.2. The second-order valence-electron chi connectivity index (χ2n) is 5.51. The number of fused-ring (bicyclic) bond motifs is 1. The van der Waals surface area contributed by atoms with Gasteiger partial charge >= 0.3 is 5.97 Å². The third-order valence-corrected chi connectivity index (χ3v) is 4.47. The maximum absolute atomic E-state index is 12.3. The van der Waals surface area contributed by atoms with Crippen LogP contribution in [0.25, 0.3) is 10.9 Å². The van der Waals surface area contributed by atoms with Gasteiger partial charge in [-0.1, -0.05) is 18.2 Å². The van der Waals surface area contributed by atoms with Gasteiger partial charge < -0.3 is 20.4 Å². The number of nitrogens with two attached hydrogens (primary N) is 1. The number of anilines is 1. The number of rotatable bonds is 6. The molecule has 0 unspecified atom stereocenters. The van der Waals surface area contributed by atoms with Gasteiger partial charge in [0.15, 0.2) is 5.13 Å². The fourth-order valence-corrected chi connectivity index (χ4v) is 3.31. The first kappa shape index (κ1) is 17.6. The minimum Gasteiger partial charge on any atom is -0.465 e. The van der Waals surface area contributed by atoms with Crippen LogP contribution in [0, 0.1) is 0 Å². The number of primary amides is 1. The number of carbonyl (C=O) groups excluding carboxylic acids is 3. The molecule has 0 bridgehead atoms. The fraction of sp³-hybridized carbons (Fsp3) is 0.176. The van der Waals surface area contributed by atoms with E-state index in [2.05, 4.69) is 10.3 Å². The SMILES string of the molecule is COC(=O)c1cn(CC(=O)Nc2nc(CC(N)=O)cs2)c2ccccc12. The first-order chi connectivity index (χ1) is 12.5. The first-order valence-corrected chi connectivity index (χ1v) is 8.54. The smallest absolute Gasteiger partial charge is 0.340 e. The molecule has 0 aliphatic rings. The van der Waals surface area contributed by atoms with Gasteiger partial charge in [-0.15, -0.1) is 11.3 Å². The number of para-hydroxylation sites is 1. The van der Waals surface area contributed by atoms with E-state index < -0.39 is 11.9 Å². The second kappa shape index (κ2) is 7.36. The Balaban J connectivity index is 1.78. The van der Waals surface area contributed by atoms with E-state index in [9.17, 15) is 14.4 Å². The van der Waals surface area contributed by atoms with Crippen LogP contribution < -0.4 is 11.1 Å². The fourth-order valence-electron chi connectivity index (χ4n) is 2.59. The maximum atomic E-state index is 12.3.